The molecule has 5 nitrogen and oxygen atoms in total. The molecule has 0 fully saturated rings. The molecule has 1 heterocycles. The molecule has 118 valence electrons. The molecular formula is C17H23N3O2. The molecule has 2 aromatic rings. The third-order valence-electron chi connectivity index (χ3n) is 3.40. The van der Waals surface area contributed by atoms with Gasteiger partial charge in [-0.3, -0.25) is 4.79 Å². The van der Waals surface area contributed by atoms with E-state index >= 15 is 0 Å². The first kappa shape index (κ1) is 16.2. The third kappa shape index (κ3) is 4.98. The average Bonchev–Trinajstić information content (AvgIpc) is 2.96. The molecule has 0 spiro atoms. The van der Waals surface area contributed by atoms with Crippen molar-refractivity contribution in [3.8, 4) is 0 Å². The second kappa shape index (κ2) is 7.73. The molecule has 0 radical (unpaired) electrons. The molecule has 0 aliphatic rings. The number of nitrogens with one attached hydrogen (secondary N) is 1. The number of carbonyl (C=O) groups is 1. The molecule has 0 unspecified atom stereocenters. The standard InChI is InChI=1S/C17H23N3O2/c1-12(2)17-19-16(22-20-17)6-4-5-15(21)18-11-14-9-7-13(3)8-10-14/h7-10,12H,4-6,11H2,1-3H3,(H,18,21). The fraction of sp³-hybridized carbons (Fsp3) is 0.471. The zero-order valence-electron chi connectivity index (χ0n) is 13.4. The van der Waals surface area contributed by atoms with Crippen LogP contribution in [0.3, 0.4) is 0 Å². The number of hydrogen-bond donors (Lipinski definition) is 1. The Labute approximate surface area is 131 Å². The number of amides is 1. The largest absolute Gasteiger partial charge is 0.352 e. The molecule has 0 aliphatic carbocycles. The number of carbonyl (C=O) groups excluding carboxylic acids is 1. The van der Waals surface area contributed by atoms with Crippen LogP contribution in [0.5, 0.6) is 0 Å². The van der Waals surface area contributed by atoms with E-state index in [1.807, 2.05) is 45.0 Å². The van der Waals surface area contributed by atoms with Gasteiger partial charge in [-0.2, -0.15) is 4.98 Å². The Morgan fingerprint density at radius 1 is 1.27 bits per heavy atom. The summed E-state index contributed by atoms with van der Waals surface area (Å²) in [5.74, 6) is 1.63. The molecule has 0 saturated carbocycles. The molecule has 1 aromatic heterocycles. The van der Waals surface area contributed by atoms with Gasteiger partial charge in [0, 0.05) is 25.3 Å². The first-order valence-electron chi connectivity index (χ1n) is 7.69. The minimum absolute atomic E-state index is 0.0455. The fourth-order valence-electron chi connectivity index (χ4n) is 2.00. The Balaban J connectivity index is 1.68. The molecule has 5 heteroatoms. The summed E-state index contributed by atoms with van der Waals surface area (Å²) < 4.78 is 5.16. The number of hydrogen-bond acceptors (Lipinski definition) is 4. The van der Waals surface area contributed by atoms with Crippen LogP contribution < -0.4 is 5.32 Å². The monoisotopic (exact) mass is 301 g/mol. The van der Waals surface area contributed by atoms with E-state index in [1.54, 1.807) is 0 Å². The van der Waals surface area contributed by atoms with Crippen LogP contribution >= 0.6 is 0 Å². The van der Waals surface area contributed by atoms with Gasteiger partial charge in [0.05, 0.1) is 0 Å². The van der Waals surface area contributed by atoms with Crippen molar-refractivity contribution in [1.29, 1.82) is 0 Å². The van der Waals surface area contributed by atoms with Crippen molar-refractivity contribution in [2.24, 2.45) is 0 Å². The van der Waals surface area contributed by atoms with Gasteiger partial charge in [-0.1, -0.05) is 48.8 Å². The lowest BCUT2D eigenvalue weighted by molar-refractivity contribution is -0.121. The van der Waals surface area contributed by atoms with Crippen LogP contribution in [0.2, 0.25) is 0 Å². The number of aryl methyl sites for hydroxylation is 2. The minimum Gasteiger partial charge on any atom is -0.352 e. The lowest BCUT2D eigenvalue weighted by Crippen LogP contribution is -2.22. The summed E-state index contributed by atoms with van der Waals surface area (Å²) in [6.45, 7) is 6.65. The Morgan fingerprint density at radius 2 is 2.00 bits per heavy atom. The van der Waals surface area contributed by atoms with Gasteiger partial charge in [-0.25, -0.2) is 0 Å². The normalized spacial score (nSPS) is 10.9. The minimum atomic E-state index is 0.0455. The van der Waals surface area contributed by atoms with Gasteiger partial charge in [0.1, 0.15) is 0 Å². The maximum absolute atomic E-state index is 11.8. The highest BCUT2D eigenvalue weighted by Crippen LogP contribution is 2.11. The van der Waals surface area contributed by atoms with Gasteiger partial charge in [-0.05, 0) is 18.9 Å². The zero-order valence-corrected chi connectivity index (χ0v) is 13.4. The van der Waals surface area contributed by atoms with Crippen molar-refractivity contribution in [3.63, 3.8) is 0 Å². The second-order valence-electron chi connectivity index (χ2n) is 5.82. The summed E-state index contributed by atoms with van der Waals surface area (Å²) in [4.78, 5) is 16.1. The highest BCUT2D eigenvalue weighted by Gasteiger charge is 2.10. The van der Waals surface area contributed by atoms with E-state index in [2.05, 4.69) is 15.5 Å². The highest BCUT2D eigenvalue weighted by molar-refractivity contribution is 5.75. The quantitative estimate of drug-likeness (QED) is 0.853. The number of rotatable bonds is 7. The van der Waals surface area contributed by atoms with Gasteiger partial charge < -0.3 is 9.84 Å². The lowest BCUT2D eigenvalue weighted by atomic mass is 10.1. The molecule has 0 aliphatic heterocycles. The maximum Gasteiger partial charge on any atom is 0.226 e. The van der Waals surface area contributed by atoms with E-state index in [-0.39, 0.29) is 11.8 Å². The van der Waals surface area contributed by atoms with Crippen LogP contribution in [-0.2, 0) is 17.8 Å². The number of nitrogens with zero attached hydrogens (tertiary/aromatic N) is 2. The molecule has 0 saturated heterocycles. The van der Waals surface area contributed by atoms with Crippen molar-refractivity contribution >= 4 is 5.91 Å². The zero-order chi connectivity index (χ0) is 15.9. The Bertz CT molecular complexity index is 603. The van der Waals surface area contributed by atoms with Gasteiger partial charge in [0.25, 0.3) is 0 Å². The van der Waals surface area contributed by atoms with Gasteiger partial charge >= 0.3 is 0 Å². The summed E-state index contributed by atoms with van der Waals surface area (Å²) in [6, 6.07) is 8.15. The van der Waals surface area contributed by atoms with E-state index in [0.29, 0.717) is 31.7 Å². The summed E-state index contributed by atoms with van der Waals surface area (Å²) >= 11 is 0. The van der Waals surface area contributed by atoms with Crippen LogP contribution in [0.4, 0.5) is 0 Å². The van der Waals surface area contributed by atoms with E-state index in [1.165, 1.54) is 5.56 Å². The Kier molecular flexibility index (Phi) is 5.69. The molecule has 1 amide bonds. The maximum atomic E-state index is 11.8. The van der Waals surface area contributed by atoms with E-state index in [9.17, 15) is 4.79 Å². The van der Waals surface area contributed by atoms with Crippen molar-refractivity contribution in [2.45, 2.75) is 52.5 Å². The summed E-state index contributed by atoms with van der Waals surface area (Å²) in [7, 11) is 0. The van der Waals surface area contributed by atoms with Crippen LogP contribution in [0.1, 0.15) is 55.4 Å². The topological polar surface area (TPSA) is 68.0 Å². The Hall–Kier alpha value is -2.17. The van der Waals surface area contributed by atoms with Gasteiger partial charge in [0.15, 0.2) is 5.82 Å². The average molecular weight is 301 g/mol. The molecule has 22 heavy (non-hydrogen) atoms. The predicted molar refractivity (Wildman–Crippen MR) is 84.4 cm³/mol. The number of benzene rings is 1. The SMILES string of the molecule is Cc1ccc(CNC(=O)CCCc2nc(C(C)C)no2)cc1. The van der Waals surface area contributed by atoms with E-state index in [4.69, 9.17) is 4.52 Å². The fourth-order valence-corrected chi connectivity index (χ4v) is 2.00. The van der Waals surface area contributed by atoms with E-state index in [0.717, 1.165) is 11.4 Å². The molecule has 1 N–H and O–H groups in total. The van der Waals surface area contributed by atoms with Crippen molar-refractivity contribution in [1.82, 2.24) is 15.5 Å². The Morgan fingerprint density at radius 3 is 2.64 bits per heavy atom. The number of aromatic nitrogens is 2. The molecule has 0 bridgehead atoms. The predicted octanol–water partition coefficient (Wildman–Crippen LogP) is 3.14. The molecule has 2 rings (SSSR count). The van der Waals surface area contributed by atoms with Crippen molar-refractivity contribution in [3.05, 3.63) is 47.1 Å². The lowest BCUT2D eigenvalue weighted by Gasteiger charge is -2.05. The second-order valence-corrected chi connectivity index (χ2v) is 5.82. The molecule has 0 atom stereocenters. The van der Waals surface area contributed by atoms with Crippen molar-refractivity contribution in [2.75, 3.05) is 0 Å². The first-order valence-corrected chi connectivity index (χ1v) is 7.69. The van der Waals surface area contributed by atoms with Crippen molar-refractivity contribution < 1.29 is 9.32 Å². The van der Waals surface area contributed by atoms with Crippen LogP contribution in [0, 0.1) is 6.92 Å². The van der Waals surface area contributed by atoms with Gasteiger partial charge in [0.2, 0.25) is 11.8 Å². The molecular weight excluding hydrogens is 278 g/mol. The van der Waals surface area contributed by atoms with Crippen LogP contribution in [-0.4, -0.2) is 16.0 Å². The third-order valence-corrected chi connectivity index (χ3v) is 3.40. The van der Waals surface area contributed by atoms with Gasteiger partial charge in [-0.15, -0.1) is 0 Å². The van der Waals surface area contributed by atoms with Crippen LogP contribution in [0.25, 0.3) is 0 Å². The highest BCUT2D eigenvalue weighted by atomic mass is 16.5. The summed E-state index contributed by atoms with van der Waals surface area (Å²) in [5.41, 5.74) is 2.33. The smallest absolute Gasteiger partial charge is 0.226 e. The first-order chi connectivity index (χ1) is 10.5. The van der Waals surface area contributed by atoms with E-state index < -0.39 is 0 Å². The summed E-state index contributed by atoms with van der Waals surface area (Å²) in [5, 5.41) is 6.83. The molecule has 1 aromatic carbocycles. The summed E-state index contributed by atoms with van der Waals surface area (Å²) in [6.07, 6.45) is 1.81. The van der Waals surface area contributed by atoms with Crippen LogP contribution in [0.15, 0.2) is 28.8 Å².